The van der Waals surface area contributed by atoms with E-state index in [4.69, 9.17) is 9.84 Å². The number of urea groups is 1. The molecule has 0 aliphatic carbocycles. The Hall–Kier alpha value is -4.23. The van der Waals surface area contributed by atoms with Gasteiger partial charge in [0.1, 0.15) is 5.75 Å². The van der Waals surface area contributed by atoms with Crippen molar-refractivity contribution in [1.82, 2.24) is 0 Å². The Kier molecular flexibility index (Phi) is 10.0. The first kappa shape index (κ1) is 27.8. The number of nitrogens with zero attached hydrogens (tertiary/aromatic N) is 1. The fourth-order valence-electron chi connectivity index (χ4n) is 4.17. The normalized spacial score (nSPS) is 10.6. The summed E-state index contributed by atoms with van der Waals surface area (Å²) in [7, 11) is 0. The van der Waals surface area contributed by atoms with Gasteiger partial charge in [0.25, 0.3) is 0 Å². The molecule has 0 saturated carbocycles. The molecule has 0 aliphatic heterocycles. The van der Waals surface area contributed by atoms with Crippen molar-refractivity contribution in [2.24, 2.45) is 0 Å². The summed E-state index contributed by atoms with van der Waals surface area (Å²) in [6.45, 7) is 2.96. The molecule has 2 amide bonds. The van der Waals surface area contributed by atoms with Crippen LogP contribution in [-0.2, 0) is 17.6 Å². The number of aryl methyl sites for hydroxylation is 1. The SMILES string of the molecule is CCOc1ccccc1NC(=O)N(CCCc1ccccc1)c1cccc(Sc2ccc(CC(=O)O)cc2)c1. The zero-order chi connectivity index (χ0) is 27.5. The van der Waals surface area contributed by atoms with E-state index in [0.29, 0.717) is 24.6 Å². The number of aliphatic carboxylic acids is 1. The lowest BCUT2D eigenvalue weighted by molar-refractivity contribution is -0.136. The van der Waals surface area contributed by atoms with Gasteiger partial charge >= 0.3 is 12.0 Å². The maximum Gasteiger partial charge on any atom is 0.326 e. The molecule has 39 heavy (non-hydrogen) atoms. The van der Waals surface area contributed by atoms with Crippen molar-refractivity contribution in [3.05, 3.63) is 114 Å². The molecule has 4 aromatic carbocycles. The minimum atomic E-state index is -0.849. The maximum atomic E-state index is 13.6. The van der Waals surface area contributed by atoms with Gasteiger partial charge in [-0.05, 0) is 73.4 Å². The first-order chi connectivity index (χ1) is 19.0. The summed E-state index contributed by atoms with van der Waals surface area (Å²) in [5.74, 6) is -0.217. The van der Waals surface area contributed by atoms with Crippen LogP contribution in [0.4, 0.5) is 16.2 Å². The van der Waals surface area contributed by atoms with E-state index in [9.17, 15) is 9.59 Å². The first-order valence-electron chi connectivity index (χ1n) is 12.9. The quantitative estimate of drug-likeness (QED) is 0.194. The van der Waals surface area contributed by atoms with Crippen LogP contribution in [-0.4, -0.2) is 30.3 Å². The predicted molar refractivity (Wildman–Crippen MR) is 157 cm³/mol. The van der Waals surface area contributed by atoms with E-state index in [2.05, 4.69) is 17.4 Å². The van der Waals surface area contributed by atoms with Crippen LogP contribution in [0.25, 0.3) is 0 Å². The molecule has 0 bridgehead atoms. The van der Waals surface area contributed by atoms with Gasteiger partial charge in [0.05, 0.1) is 18.7 Å². The largest absolute Gasteiger partial charge is 0.492 e. The van der Waals surface area contributed by atoms with E-state index in [-0.39, 0.29) is 12.5 Å². The highest BCUT2D eigenvalue weighted by Crippen LogP contribution is 2.32. The molecule has 200 valence electrons. The Balaban J connectivity index is 1.53. The lowest BCUT2D eigenvalue weighted by Gasteiger charge is -2.24. The molecule has 0 spiro atoms. The summed E-state index contributed by atoms with van der Waals surface area (Å²) in [4.78, 5) is 28.3. The minimum Gasteiger partial charge on any atom is -0.492 e. The highest BCUT2D eigenvalue weighted by molar-refractivity contribution is 7.99. The molecular formula is C32H32N2O4S. The molecule has 0 heterocycles. The third kappa shape index (κ3) is 8.38. The lowest BCUT2D eigenvalue weighted by atomic mass is 10.1. The molecule has 0 saturated heterocycles. The molecule has 4 rings (SSSR count). The number of anilines is 2. The molecule has 0 atom stereocenters. The van der Waals surface area contributed by atoms with Crippen LogP contribution in [0.3, 0.4) is 0 Å². The number of hydrogen-bond acceptors (Lipinski definition) is 4. The molecule has 0 aromatic heterocycles. The van der Waals surface area contributed by atoms with Gasteiger partial charge in [-0.3, -0.25) is 9.69 Å². The Morgan fingerprint density at radius 2 is 1.59 bits per heavy atom. The number of para-hydroxylation sites is 2. The molecule has 2 N–H and O–H groups in total. The Bertz CT molecular complexity index is 1380. The van der Waals surface area contributed by atoms with Gasteiger partial charge in [-0.2, -0.15) is 0 Å². The predicted octanol–water partition coefficient (Wildman–Crippen LogP) is 7.53. The Labute approximate surface area is 233 Å². The fraction of sp³-hybridized carbons (Fsp3) is 0.188. The van der Waals surface area contributed by atoms with Crippen molar-refractivity contribution in [2.75, 3.05) is 23.4 Å². The minimum absolute atomic E-state index is 0.0000898. The van der Waals surface area contributed by atoms with E-state index < -0.39 is 5.97 Å². The molecule has 0 unspecified atom stereocenters. The smallest absolute Gasteiger partial charge is 0.326 e. The second kappa shape index (κ2) is 14.1. The van der Waals surface area contributed by atoms with Crippen molar-refractivity contribution in [2.45, 2.75) is 36.0 Å². The molecule has 0 fully saturated rings. The Morgan fingerprint density at radius 3 is 2.33 bits per heavy atom. The van der Waals surface area contributed by atoms with Gasteiger partial charge in [-0.25, -0.2) is 4.79 Å². The average molecular weight is 541 g/mol. The van der Waals surface area contributed by atoms with Crippen LogP contribution < -0.4 is 15.0 Å². The Morgan fingerprint density at radius 1 is 0.846 bits per heavy atom. The van der Waals surface area contributed by atoms with Gasteiger partial charge in [0.2, 0.25) is 0 Å². The van der Waals surface area contributed by atoms with Crippen molar-refractivity contribution < 1.29 is 19.4 Å². The van der Waals surface area contributed by atoms with Crippen LogP contribution in [0.1, 0.15) is 24.5 Å². The number of nitrogens with one attached hydrogen (secondary N) is 1. The average Bonchev–Trinajstić information content (AvgIpc) is 2.94. The standard InChI is InChI=1S/C32H32N2O4S/c1-2-38-30-16-7-6-15-29(30)33-32(37)34(21-9-12-24-10-4-3-5-11-24)26-13-8-14-28(23-26)39-27-19-17-25(18-20-27)22-31(35)36/h3-8,10-11,13-20,23H,2,9,12,21-22H2,1H3,(H,33,37)(H,35,36). The van der Waals surface area contributed by atoms with Gasteiger partial charge in [0.15, 0.2) is 0 Å². The summed E-state index contributed by atoms with van der Waals surface area (Å²) in [6, 6.07) is 32.9. The number of carboxylic acid groups (broad SMARTS) is 1. The van der Waals surface area contributed by atoms with Gasteiger partial charge < -0.3 is 15.2 Å². The van der Waals surface area contributed by atoms with Crippen molar-refractivity contribution in [3.63, 3.8) is 0 Å². The number of carboxylic acids is 1. The number of benzene rings is 4. The highest BCUT2D eigenvalue weighted by Gasteiger charge is 2.18. The number of carbonyl (C=O) groups is 2. The van der Waals surface area contributed by atoms with Crippen molar-refractivity contribution in [3.8, 4) is 5.75 Å². The van der Waals surface area contributed by atoms with Gasteiger partial charge in [0, 0.05) is 22.0 Å². The molecule has 7 heteroatoms. The van der Waals surface area contributed by atoms with Crippen LogP contribution in [0.5, 0.6) is 5.75 Å². The van der Waals surface area contributed by atoms with Gasteiger partial charge in [-0.15, -0.1) is 0 Å². The van der Waals surface area contributed by atoms with E-state index in [1.165, 1.54) is 5.56 Å². The summed E-state index contributed by atoms with van der Waals surface area (Å²) < 4.78 is 5.71. The topological polar surface area (TPSA) is 78.9 Å². The van der Waals surface area contributed by atoms with Crippen LogP contribution >= 0.6 is 11.8 Å². The van der Waals surface area contributed by atoms with E-state index in [1.807, 2.05) is 97.9 Å². The number of hydrogen-bond donors (Lipinski definition) is 2. The zero-order valence-corrected chi connectivity index (χ0v) is 22.7. The fourth-order valence-corrected chi connectivity index (χ4v) is 5.04. The number of ether oxygens (including phenoxy) is 1. The van der Waals surface area contributed by atoms with Crippen LogP contribution in [0.15, 0.2) is 113 Å². The third-order valence-electron chi connectivity index (χ3n) is 6.01. The number of carbonyl (C=O) groups excluding carboxylic acids is 1. The van der Waals surface area contributed by atoms with E-state index in [0.717, 1.165) is 33.9 Å². The molecule has 4 aromatic rings. The highest BCUT2D eigenvalue weighted by atomic mass is 32.2. The summed E-state index contributed by atoms with van der Waals surface area (Å²) in [5, 5.41) is 12.1. The second-order valence-electron chi connectivity index (χ2n) is 8.91. The zero-order valence-electron chi connectivity index (χ0n) is 21.9. The van der Waals surface area contributed by atoms with E-state index >= 15 is 0 Å². The van der Waals surface area contributed by atoms with E-state index in [1.54, 1.807) is 16.7 Å². The maximum absolute atomic E-state index is 13.6. The molecule has 0 radical (unpaired) electrons. The second-order valence-corrected chi connectivity index (χ2v) is 10.1. The summed E-state index contributed by atoms with van der Waals surface area (Å²) in [6.07, 6.45) is 1.66. The van der Waals surface area contributed by atoms with Crippen LogP contribution in [0.2, 0.25) is 0 Å². The number of amides is 2. The summed E-state index contributed by atoms with van der Waals surface area (Å²) >= 11 is 1.57. The molecule has 6 nitrogen and oxygen atoms in total. The molecular weight excluding hydrogens is 508 g/mol. The third-order valence-corrected chi connectivity index (χ3v) is 7.00. The number of rotatable bonds is 12. The first-order valence-corrected chi connectivity index (χ1v) is 13.8. The van der Waals surface area contributed by atoms with Crippen molar-refractivity contribution >= 4 is 35.1 Å². The van der Waals surface area contributed by atoms with Crippen molar-refractivity contribution in [1.29, 1.82) is 0 Å². The van der Waals surface area contributed by atoms with Gasteiger partial charge in [-0.1, -0.05) is 72.4 Å². The van der Waals surface area contributed by atoms with Crippen LogP contribution in [0, 0.1) is 0 Å². The lowest BCUT2D eigenvalue weighted by Crippen LogP contribution is -2.36. The monoisotopic (exact) mass is 540 g/mol. The molecule has 0 aliphatic rings. The summed E-state index contributed by atoms with van der Waals surface area (Å²) in [5.41, 5.74) is 3.41.